The molecular weight excluding hydrogens is 446 g/mol. The molecule has 0 atom stereocenters. The quantitative estimate of drug-likeness (QED) is 0.234. The summed E-state index contributed by atoms with van der Waals surface area (Å²) in [5, 5.41) is 3.66. The van der Waals surface area contributed by atoms with Crippen LogP contribution in [-0.4, -0.2) is 28.2 Å². The van der Waals surface area contributed by atoms with E-state index in [0.29, 0.717) is 36.2 Å². The van der Waals surface area contributed by atoms with Crippen molar-refractivity contribution in [2.24, 2.45) is 0 Å². The maximum absolute atomic E-state index is 12.6. The molecule has 0 unspecified atom stereocenters. The first-order valence-corrected chi connectivity index (χ1v) is 12.1. The minimum absolute atomic E-state index is 0.0967. The van der Waals surface area contributed by atoms with Gasteiger partial charge in [-0.1, -0.05) is 72.4 Å². The minimum Gasteiger partial charge on any atom is -0.490 e. The number of para-hydroxylation sites is 2. The van der Waals surface area contributed by atoms with Gasteiger partial charge in [0.05, 0.1) is 17.9 Å². The molecule has 34 heavy (non-hydrogen) atoms. The van der Waals surface area contributed by atoms with E-state index in [-0.39, 0.29) is 11.7 Å². The summed E-state index contributed by atoms with van der Waals surface area (Å²) >= 11 is 1.39. The molecule has 1 amide bonds. The monoisotopic (exact) mass is 469 g/mol. The highest BCUT2D eigenvalue weighted by molar-refractivity contribution is 8.00. The maximum Gasteiger partial charge on any atom is 0.234 e. The van der Waals surface area contributed by atoms with E-state index in [2.05, 4.69) is 5.32 Å². The van der Waals surface area contributed by atoms with Crippen molar-refractivity contribution in [1.29, 1.82) is 0 Å². The number of anilines is 1. The van der Waals surface area contributed by atoms with Gasteiger partial charge in [-0.15, -0.1) is 0 Å². The zero-order valence-electron chi connectivity index (χ0n) is 18.7. The van der Waals surface area contributed by atoms with Crippen LogP contribution in [0.25, 0.3) is 11.4 Å². The highest BCUT2D eigenvalue weighted by Crippen LogP contribution is 2.44. The van der Waals surface area contributed by atoms with Crippen LogP contribution in [0.4, 0.5) is 5.69 Å². The third-order valence-corrected chi connectivity index (χ3v) is 6.30. The number of thioether (sulfide) groups is 1. The van der Waals surface area contributed by atoms with Crippen molar-refractivity contribution >= 4 is 23.4 Å². The number of hydrogen-bond acceptors (Lipinski definition) is 6. The molecule has 1 aromatic heterocycles. The number of amides is 1. The van der Waals surface area contributed by atoms with Crippen molar-refractivity contribution < 1.29 is 14.3 Å². The van der Waals surface area contributed by atoms with Crippen molar-refractivity contribution in [3.05, 3.63) is 90.0 Å². The van der Waals surface area contributed by atoms with Crippen molar-refractivity contribution in [2.45, 2.75) is 18.4 Å². The highest BCUT2D eigenvalue weighted by atomic mass is 32.2. The Kier molecular flexibility index (Phi) is 6.44. The Labute approximate surface area is 202 Å². The van der Waals surface area contributed by atoms with Crippen LogP contribution in [0.3, 0.4) is 0 Å². The molecule has 1 aliphatic rings. The van der Waals surface area contributed by atoms with Crippen LogP contribution < -0.4 is 14.8 Å². The van der Waals surface area contributed by atoms with Crippen LogP contribution in [0.1, 0.15) is 18.1 Å². The number of nitrogens with zero attached hydrogens (tertiary/aromatic N) is 2. The molecule has 0 spiro atoms. The third kappa shape index (κ3) is 4.75. The van der Waals surface area contributed by atoms with Crippen molar-refractivity contribution in [3.63, 3.8) is 0 Å². The van der Waals surface area contributed by atoms with Gasteiger partial charge in [-0.05, 0) is 25.1 Å². The fourth-order valence-corrected chi connectivity index (χ4v) is 4.56. The van der Waals surface area contributed by atoms with Crippen LogP contribution in [0, 0.1) is 0 Å². The fourth-order valence-electron chi connectivity index (χ4n) is 3.74. The molecule has 4 aromatic rings. The van der Waals surface area contributed by atoms with Crippen molar-refractivity contribution in [1.82, 2.24) is 9.97 Å². The van der Waals surface area contributed by atoms with E-state index in [0.717, 1.165) is 27.4 Å². The van der Waals surface area contributed by atoms with E-state index in [1.165, 1.54) is 11.8 Å². The van der Waals surface area contributed by atoms with Crippen LogP contribution >= 0.6 is 11.8 Å². The first kappa shape index (κ1) is 22.0. The van der Waals surface area contributed by atoms with E-state index in [1.54, 1.807) is 0 Å². The van der Waals surface area contributed by atoms with Gasteiger partial charge in [0.15, 0.2) is 17.3 Å². The first-order chi connectivity index (χ1) is 16.7. The first-order valence-electron chi connectivity index (χ1n) is 11.1. The number of carbonyl (C=O) groups excluding carboxylic acids is 1. The van der Waals surface area contributed by atoms with Crippen molar-refractivity contribution in [3.8, 4) is 28.8 Å². The van der Waals surface area contributed by atoms with Gasteiger partial charge in [-0.2, -0.15) is 4.98 Å². The lowest BCUT2D eigenvalue weighted by atomic mass is 10.0. The summed E-state index contributed by atoms with van der Waals surface area (Å²) in [5.41, 5.74) is 3.53. The lowest BCUT2D eigenvalue weighted by molar-refractivity contribution is -0.113. The Morgan fingerprint density at radius 1 is 1.00 bits per heavy atom. The predicted octanol–water partition coefficient (Wildman–Crippen LogP) is 5.97. The van der Waals surface area contributed by atoms with Gasteiger partial charge in [0.1, 0.15) is 5.03 Å². The second-order valence-corrected chi connectivity index (χ2v) is 8.63. The molecule has 0 radical (unpaired) electrons. The lowest BCUT2D eigenvalue weighted by Crippen LogP contribution is -2.15. The zero-order valence-corrected chi connectivity index (χ0v) is 19.5. The minimum atomic E-state index is -0.0967. The molecule has 6 nitrogen and oxygen atoms in total. The normalized spacial score (nSPS) is 11.7. The molecule has 1 aliphatic heterocycles. The van der Waals surface area contributed by atoms with E-state index >= 15 is 0 Å². The van der Waals surface area contributed by atoms with Crippen molar-refractivity contribution in [2.75, 3.05) is 17.7 Å². The Balaban J connectivity index is 1.47. The number of rotatable bonds is 7. The molecule has 0 saturated carbocycles. The van der Waals surface area contributed by atoms with Crippen LogP contribution in [-0.2, 0) is 11.2 Å². The fraction of sp³-hybridized carbons (Fsp3) is 0.148. The molecule has 0 saturated heterocycles. The molecule has 5 rings (SSSR count). The molecular formula is C27H23N3O3S. The number of fused-ring (bicyclic) bond motifs is 2. The van der Waals surface area contributed by atoms with Crippen LogP contribution in [0.5, 0.6) is 17.4 Å². The van der Waals surface area contributed by atoms with Gasteiger partial charge in [0.25, 0.3) is 0 Å². The third-order valence-electron chi connectivity index (χ3n) is 5.29. The number of hydrogen-bond donors (Lipinski definition) is 1. The molecule has 7 heteroatoms. The van der Waals surface area contributed by atoms with Crippen LogP contribution in [0.15, 0.2) is 83.9 Å². The highest BCUT2D eigenvalue weighted by Gasteiger charge is 2.27. The smallest absolute Gasteiger partial charge is 0.234 e. The van der Waals surface area contributed by atoms with Crippen LogP contribution in [0.2, 0.25) is 0 Å². The van der Waals surface area contributed by atoms with E-state index in [4.69, 9.17) is 19.4 Å². The van der Waals surface area contributed by atoms with Gasteiger partial charge in [0.2, 0.25) is 11.8 Å². The topological polar surface area (TPSA) is 73.3 Å². The number of ether oxygens (including phenoxy) is 2. The molecule has 3 aromatic carbocycles. The SMILES string of the molecule is CCOc1cccc2c1Oc1nc(-c3ccccc3)nc(SCC(=O)Nc3ccccc3)c1C2. The predicted molar refractivity (Wildman–Crippen MR) is 134 cm³/mol. The van der Waals surface area contributed by atoms with Gasteiger partial charge in [-0.3, -0.25) is 4.79 Å². The number of aromatic nitrogens is 2. The number of carbonyl (C=O) groups is 1. The Hall–Kier alpha value is -3.84. The number of nitrogens with one attached hydrogen (secondary N) is 1. The summed E-state index contributed by atoms with van der Waals surface area (Å²) in [5.74, 6) is 2.57. The summed E-state index contributed by atoms with van der Waals surface area (Å²) in [6.07, 6.45) is 0.600. The Morgan fingerprint density at radius 2 is 1.76 bits per heavy atom. The van der Waals surface area contributed by atoms with E-state index in [9.17, 15) is 4.79 Å². The zero-order chi connectivity index (χ0) is 23.3. The Bertz CT molecular complexity index is 1310. The largest absolute Gasteiger partial charge is 0.490 e. The summed E-state index contributed by atoms with van der Waals surface area (Å²) < 4.78 is 12.0. The second kappa shape index (κ2) is 9.97. The van der Waals surface area contributed by atoms with Gasteiger partial charge in [0, 0.05) is 23.2 Å². The van der Waals surface area contributed by atoms with E-state index in [1.807, 2.05) is 85.8 Å². The van der Waals surface area contributed by atoms with Gasteiger partial charge in [-0.25, -0.2) is 4.98 Å². The standard InChI is InChI=1S/C27H23N3O3S/c1-2-32-22-15-9-12-19-16-21-26(33-24(19)22)29-25(18-10-5-3-6-11-18)30-27(21)34-17-23(31)28-20-13-7-4-8-14-20/h3-15H,2,16-17H2,1H3,(H,28,31). The van der Waals surface area contributed by atoms with Gasteiger partial charge >= 0.3 is 0 Å². The van der Waals surface area contributed by atoms with E-state index < -0.39 is 0 Å². The summed E-state index contributed by atoms with van der Waals surface area (Å²) in [6.45, 7) is 2.49. The summed E-state index contributed by atoms with van der Waals surface area (Å²) in [6, 6.07) is 25.1. The summed E-state index contributed by atoms with van der Waals surface area (Å²) in [7, 11) is 0. The maximum atomic E-state index is 12.6. The summed E-state index contributed by atoms with van der Waals surface area (Å²) in [4.78, 5) is 22.2. The second-order valence-electron chi connectivity index (χ2n) is 7.66. The lowest BCUT2D eigenvalue weighted by Gasteiger charge is -2.23. The Morgan fingerprint density at radius 3 is 2.53 bits per heavy atom. The number of benzene rings is 3. The molecule has 170 valence electrons. The molecule has 0 aliphatic carbocycles. The molecule has 0 bridgehead atoms. The molecule has 1 N–H and O–H groups in total. The molecule has 0 fully saturated rings. The van der Waals surface area contributed by atoms with Gasteiger partial charge < -0.3 is 14.8 Å². The molecule has 2 heterocycles. The average Bonchev–Trinajstić information content (AvgIpc) is 2.87. The average molecular weight is 470 g/mol.